The Hall–Kier alpha value is -6.48. The molecule has 0 unspecified atom stereocenters. The van der Waals surface area contributed by atoms with Crippen LogP contribution in [-0.4, -0.2) is 47.2 Å². The van der Waals surface area contributed by atoms with Crippen LogP contribution in [0.5, 0.6) is 17.2 Å². The van der Waals surface area contributed by atoms with E-state index in [2.05, 4.69) is 10.6 Å². The molecule has 4 N–H and O–H groups in total. The van der Waals surface area contributed by atoms with Crippen LogP contribution in [0, 0.1) is 12.5 Å². The molecule has 5 aromatic carbocycles. The van der Waals surface area contributed by atoms with Gasteiger partial charge in [-0.3, -0.25) is 9.59 Å². The Morgan fingerprint density at radius 1 is 0.588 bits per heavy atom. The van der Waals surface area contributed by atoms with E-state index in [4.69, 9.17) is 43.8 Å². The summed E-state index contributed by atoms with van der Waals surface area (Å²) < 4.78 is 16.2. The van der Waals surface area contributed by atoms with E-state index in [1.165, 1.54) is 42.5 Å². The topological polar surface area (TPSA) is 160 Å². The van der Waals surface area contributed by atoms with Crippen molar-refractivity contribution in [3.63, 3.8) is 0 Å². The summed E-state index contributed by atoms with van der Waals surface area (Å²) in [7, 11) is 0. The molecule has 0 aliphatic heterocycles. The monoisotopic (exact) mass is 724 g/mol. The Morgan fingerprint density at radius 2 is 1.06 bits per heavy atom. The summed E-state index contributed by atoms with van der Waals surface area (Å²) in [4.78, 5) is 49.9. The number of carbonyl (C=O) groups excluding carboxylic acids is 2. The number of para-hydroxylation sites is 1. The highest BCUT2D eigenvalue weighted by Crippen LogP contribution is 2.34. The molecule has 2 amide bonds. The maximum absolute atomic E-state index is 13.3. The summed E-state index contributed by atoms with van der Waals surface area (Å²) in [5.41, 5.74) is 0.780. The fourth-order valence-electron chi connectivity index (χ4n) is 4.82. The lowest BCUT2D eigenvalue weighted by atomic mass is 10.0. The molecule has 0 spiro atoms. The van der Waals surface area contributed by atoms with E-state index >= 15 is 0 Å². The lowest BCUT2D eigenvalue weighted by molar-refractivity contribution is 0.0683. The number of carboxylic acids is 2. The minimum atomic E-state index is -1.32. The molecule has 256 valence electrons. The van der Waals surface area contributed by atoms with Crippen LogP contribution in [0.25, 0.3) is 11.1 Å². The molecule has 0 saturated heterocycles. The summed E-state index contributed by atoms with van der Waals surface area (Å²) >= 11 is 13.0. The minimum absolute atomic E-state index is 0.108. The van der Waals surface area contributed by atoms with E-state index < -0.39 is 23.8 Å². The fourth-order valence-corrected chi connectivity index (χ4v) is 5.28. The highest BCUT2D eigenvalue weighted by atomic mass is 35.5. The number of halogens is 2. The van der Waals surface area contributed by atoms with Crippen LogP contribution in [0.2, 0.25) is 10.0 Å². The predicted molar refractivity (Wildman–Crippen MR) is 191 cm³/mol. The smallest absolute Gasteiger partial charge is 0.336 e. The quantitative estimate of drug-likeness (QED) is 0.0697. The second-order valence-corrected chi connectivity index (χ2v) is 11.4. The number of rotatable bonds is 13. The van der Waals surface area contributed by atoms with Crippen molar-refractivity contribution in [2.45, 2.75) is 0 Å². The van der Waals surface area contributed by atoms with Crippen molar-refractivity contribution < 1.29 is 43.6 Å². The summed E-state index contributed by atoms with van der Waals surface area (Å²) in [5, 5.41) is 24.8. The van der Waals surface area contributed by atoms with Gasteiger partial charge in [0, 0.05) is 0 Å². The molecule has 13 heteroatoms. The van der Waals surface area contributed by atoms with E-state index in [-0.39, 0.29) is 68.4 Å². The molecule has 0 aliphatic carbocycles. The molecule has 0 aliphatic rings. The minimum Gasteiger partial charge on any atom is -0.490 e. The zero-order valence-electron chi connectivity index (χ0n) is 26.3. The maximum Gasteiger partial charge on any atom is 0.336 e. The maximum atomic E-state index is 13.3. The first-order valence-electron chi connectivity index (χ1n) is 14.9. The lowest BCUT2D eigenvalue weighted by Gasteiger charge is -2.14. The highest BCUT2D eigenvalue weighted by molar-refractivity contribution is 6.35. The van der Waals surface area contributed by atoms with Gasteiger partial charge in [-0.1, -0.05) is 60.0 Å². The third kappa shape index (κ3) is 8.96. The molecule has 0 heterocycles. The van der Waals surface area contributed by atoms with Crippen LogP contribution in [0.1, 0.15) is 41.4 Å². The first-order chi connectivity index (χ1) is 24.5. The van der Waals surface area contributed by atoms with Crippen molar-refractivity contribution >= 4 is 58.3 Å². The number of carboxylic acid groups (broad SMARTS) is 2. The lowest BCUT2D eigenvalue weighted by Crippen LogP contribution is -2.17. The van der Waals surface area contributed by atoms with Gasteiger partial charge in [-0.15, -0.1) is 0 Å². The Labute approximate surface area is 301 Å². The van der Waals surface area contributed by atoms with Gasteiger partial charge in [0.15, 0.2) is 0 Å². The van der Waals surface area contributed by atoms with E-state index in [1.54, 1.807) is 42.5 Å². The van der Waals surface area contributed by atoms with Gasteiger partial charge in [-0.2, -0.15) is 0 Å². The van der Waals surface area contributed by atoms with Gasteiger partial charge < -0.3 is 35.1 Å². The largest absolute Gasteiger partial charge is 0.490 e. The first-order valence-corrected chi connectivity index (χ1v) is 15.7. The first kappa shape index (κ1) is 35.8. The van der Waals surface area contributed by atoms with Gasteiger partial charge in [0.05, 0.1) is 43.7 Å². The third-order valence-electron chi connectivity index (χ3n) is 7.24. The normalized spacial score (nSPS) is 10.4. The molecular weight excluding hydrogens is 699 g/mol. The Morgan fingerprint density at radius 3 is 1.53 bits per heavy atom. The summed E-state index contributed by atoms with van der Waals surface area (Å²) in [6.45, 7) is 0.373. The number of carbonyl (C=O) groups is 4. The van der Waals surface area contributed by atoms with Gasteiger partial charge in [-0.05, 0) is 83.9 Å². The fraction of sp³-hybridized carbons (Fsp3) is 0.0526. The van der Waals surface area contributed by atoms with Crippen LogP contribution >= 0.6 is 23.2 Å². The van der Waals surface area contributed by atoms with Crippen molar-refractivity contribution in [2.24, 2.45) is 0 Å². The number of ether oxygens (including phenoxy) is 3. The van der Waals surface area contributed by atoms with Gasteiger partial charge in [0.1, 0.15) is 36.6 Å². The number of hydrogen-bond acceptors (Lipinski definition) is 7. The van der Waals surface area contributed by atoms with Crippen LogP contribution in [-0.2, 0) is 0 Å². The molecule has 11 nitrogen and oxygen atoms in total. The van der Waals surface area contributed by atoms with Crippen LogP contribution in [0.3, 0.4) is 0 Å². The molecule has 0 atom stereocenters. The second-order valence-electron chi connectivity index (χ2n) is 10.6. The molecule has 5 aromatic rings. The molecule has 0 bridgehead atoms. The molecule has 5 rings (SSSR count). The predicted octanol–water partition coefficient (Wildman–Crippen LogP) is 7.99. The Bertz CT molecular complexity index is 2180. The highest BCUT2D eigenvalue weighted by Gasteiger charge is 2.21. The van der Waals surface area contributed by atoms with E-state index in [0.29, 0.717) is 16.9 Å². The van der Waals surface area contributed by atoms with E-state index in [9.17, 15) is 29.4 Å². The molecule has 51 heavy (non-hydrogen) atoms. The van der Waals surface area contributed by atoms with E-state index in [1.807, 2.05) is 24.3 Å². The van der Waals surface area contributed by atoms with Crippen molar-refractivity contribution in [2.75, 3.05) is 23.8 Å². The SMILES string of the molecule is C#COc1ccc(C(=O)O)c(C(=O)Nc2ccc(-c3ccc(NC(=O)c4cc(OCCOc5ccccc5)ccc4C(=O)O)c(Cl)c3)cc2Cl)c1. The van der Waals surface area contributed by atoms with Crippen molar-refractivity contribution in [3.8, 4) is 40.9 Å². The number of amides is 2. The van der Waals surface area contributed by atoms with Crippen LogP contribution in [0.15, 0.2) is 103 Å². The molecule has 0 aromatic heterocycles. The summed E-state index contributed by atoms with van der Waals surface area (Å²) in [5.74, 6) is -3.06. The average Bonchev–Trinajstić information content (AvgIpc) is 3.12. The second kappa shape index (κ2) is 16.3. The van der Waals surface area contributed by atoms with Crippen molar-refractivity contribution in [1.82, 2.24) is 0 Å². The zero-order valence-corrected chi connectivity index (χ0v) is 27.8. The zero-order chi connectivity index (χ0) is 36.5. The van der Waals surface area contributed by atoms with E-state index in [0.717, 1.165) is 0 Å². The summed E-state index contributed by atoms with van der Waals surface area (Å²) in [6, 6.07) is 26.5. The number of nitrogens with one attached hydrogen (secondary N) is 2. The standard InChI is InChI=1S/C38H26Cl2N2O9/c1-2-49-25-10-12-27(37(45)46)29(20-25)35(43)41-33-14-8-22(18-31(33)39)23-9-15-34(32(40)19-23)42-36(44)30-21-26(11-13-28(30)38(47)48)51-17-16-50-24-6-4-3-5-7-24/h1,3-15,18-21H,16-17H2,(H,41,43)(H,42,44)(H,45,46)(H,47,48). The number of benzene rings is 5. The van der Waals surface area contributed by atoms with Gasteiger partial charge >= 0.3 is 11.9 Å². The summed E-state index contributed by atoms with van der Waals surface area (Å²) in [6.07, 6.45) is 7.11. The molecule has 0 radical (unpaired) electrons. The van der Waals surface area contributed by atoms with Crippen LogP contribution < -0.4 is 24.8 Å². The van der Waals surface area contributed by atoms with Gasteiger partial charge in [0.2, 0.25) is 0 Å². The number of anilines is 2. The Balaban J connectivity index is 1.28. The molecular formula is C38H26Cl2N2O9. The number of terminal acetylenes is 1. The van der Waals surface area contributed by atoms with Gasteiger partial charge in [-0.25, -0.2) is 9.59 Å². The Kier molecular flexibility index (Phi) is 11.4. The third-order valence-corrected chi connectivity index (χ3v) is 7.87. The van der Waals surface area contributed by atoms with Gasteiger partial charge in [0.25, 0.3) is 11.8 Å². The molecule has 0 saturated carbocycles. The average molecular weight is 726 g/mol. The van der Waals surface area contributed by atoms with Crippen molar-refractivity contribution in [3.05, 3.63) is 135 Å². The molecule has 0 fully saturated rings. The van der Waals surface area contributed by atoms with Crippen molar-refractivity contribution in [1.29, 1.82) is 0 Å². The van der Waals surface area contributed by atoms with Crippen LogP contribution in [0.4, 0.5) is 11.4 Å². The number of aromatic carboxylic acids is 2. The number of hydrogen-bond donors (Lipinski definition) is 4.